The third-order valence-electron chi connectivity index (χ3n) is 9.10. The highest BCUT2D eigenvalue weighted by molar-refractivity contribution is 5.77. The third kappa shape index (κ3) is 30.7. The van der Waals surface area contributed by atoms with Crippen molar-refractivity contribution in [2.24, 2.45) is 0 Å². The number of nitro groups is 1. The molecule has 0 aromatic heterocycles. The predicted octanol–water partition coefficient (Wildman–Crippen LogP) is -8.19. The van der Waals surface area contributed by atoms with Crippen molar-refractivity contribution in [3.05, 3.63) is 10.1 Å². The minimum atomic E-state index is -2.06. The average molecular weight is 943 g/mol. The lowest BCUT2D eigenvalue weighted by atomic mass is 9.83. The summed E-state index contributed by atoms with van der Waals surface area (Å²) in [6, 6.07) is -2.74. The second-order valence-electron chi connectivity index (χ2n) is 15.2. The Balaban J connectivity index is 6.30. The summed E-state index contributed by atoms with van der Waals surface area (Å²) in [5.74, 6) is -1.49. The van der Waals surface area contributed by atoms with E-state index in [2.05, 4.69) is 16.0 Å². The fourth-order valence-electron chi connectivity index (χ4n) is 5.50. The summed E-state index contributed by atoms with van der Waals surface area (Å²) in [4.78, 5) is 39.0. The molecule has 64 heavy (non-hydrogen) atoms. The number of hydrogen-bond donors (Lipinski definition) is 16. The van der Waals surface area contributed by atoms with Crippen LogP contribution in [0.2, 0.25) is 0 Å². The number of aliphatic hydroxyl groups is 13. The fraction of sp³-hybridized carbons (Fsp3) is 0.946. The smallest absolute Gasteiger partial charge is 0.223 e. The maximum Gasteiger partial charge on any atom is 0.223 e. The minimum absolute atomic E-state index is 0.219. The van der Waals surface area contributed by atoms with Crippen molar-refractivity contribution >= 4 is 11.8 Å². The van der Waals surface area contributed by atoms with Crippen LogP contribution in [0.15, 0.2) is 0 Å². The standard InChI is InChI=1S/C37H74N4O23/c42-7-28(48)19-59-13-25(14-60-20-29(49)8-43)38-34(54)1-4-37(41(57)58,5-2-35(55)39-26(15-61-21-30(50)9-44)16-62-22-31(51)10-45)6-3-36(56)40-27(17-63-23-32(52)11-46)18-64-24-33(53)12-47/h25-34,38,42-54H,1-24H2,(H,39,55)(H,40,56). The number of hydrogen-bond acceptors (Lipinski definition) is 24. The van der Waals surface area contributed by atoms with E-state index in [1.54, 1.807) is 0 Å². The summed E-state index contributed by atoms with van der Waals surface area (Å²) in [6.07, 6.45) is -11.7. The number of aliphatic hydroxyl groups excluding tert-OH is 13. The first-order valence-electron chi connectivity index (χ1n) is 20.8. The van der Waals surface area contributed by atoms with Crippen LogP contribution in [0.1, 0.15) is 38.5 Å². The molecule has 27 nitrogen and oxygen atoms in total. The molecule has 27 heteroatoms. The van der Waals surface area contributed by atoms with Gasteiger partial charge < -0.3 is 105 Å². The van der Waals surface area contributed by atoms with Gasteiger partial charge in [0.2, 0.25) is 17.4 Å². The van der Waals surface area contributed by atoms with Crippen molar-refractivity contribution in [1.82, 2.24) is 16.0 Å². The van der Waals surface area contributed by atoms with Gasteiger partial charge in [-0.15, -0.1) is 0 Å². The summed E-state index contributed by atoms with van der Waals surface area (Å²) in [5.41, 5.74) is -2.06. The molecule has 0 aliphatic rings. The second-order valence-corrected chi connectivity index (χ2v) is 15.2. The van der Waals surface area contributed by atoms with E-state index in [-0.39, 0.29) is 85.7 Å². The average Bonchev–Trinajstić information content (AvgIpc) is 3.27. The number of carbonyl (C=O) groups excluding carboxylic acids is 2. The number of nitrogens with one attached hydrogen (secondary N) is 3. The molecule has 0 saturated heterocycles. The molecular formula is C37H74N4O23. The summed E-state index contributed by atoms with van der Waals surface area (Å²) in [5, 5.41) is 144. The largest absolute Gasteiger partial charge is 0.394 e. The van der Waals surface area contributed by atoms with E-state index < -0.39 is 155 Å². The first-order valence-corrected chi connectivity index (χ1v) is 20.8. The van der Waals surface area contributed by atoms with Crippen molar-refractivity contribution < 1.29 is 109 Å². The van der Waals surface area contributed by atoms with Gasteiger partial charge >= 0.3 is 0 Å². The molecule has 380 valence electrons. The molecule has 0 heterocycles. The molecule has 7 unspecified atom stereocenters. The van der Waals surface area contributed by atoms with E-state index in [1.807, 2.05) is 0 Å². The predicted molar refractivity (Wildman–Crippen MR) is 218 cm³/mol. The molecule has 7 atom stereocenters. The van der Waals surface area contributed by atoms with Gasteiger partial charge in [-0.2, -0.15) is 0 Å². The van der Waals surface area contributed by atoms with Crippen molar-refractivity contribution in [2.75, 3.05) is 119 Å². The normalized spacial score (nSPS) is 17.6. The molecule has 0 spiro atoms. The quantitative estimate of drug-likeness (QED) is 0.0153. The van der Waals surface area contributed by atoms with E-state index in [0.717, 1.165) is 0 Å². The molecule has 16 N–H and O–H groups in total. The Kier molecular flexibility index (Phi) is 36.2. The van der Waals surface area contributed by atoms with Crippen LogP contribution in [0, 0.1) is 10.1 Å². The van der Waals surface area contributed by atoms with Gasteiger partial charge in [-0.1, -0.05) is 0 Å². The van der Waals surface area contributed by atoms with Crippen LogP contribution in [-0.4, -0.2) is 269 Å². The van der Waals surface area contributed by atoms with Gasteiger partial charge in [-0.3, -0.25) is 25.0 Å². The molecule has 2 amide bonds. The Bertz CT molecular complexity index is 1080. The van der Waals surface area contributed by atoms with Crippen molar-refractivity contribution in [2.45, 2.75) is 105 Å². The molecule has 0 fully saturated rings. The van der Waals surface area contributed by atoms with Gasteiger partial charge in [0.05, 0.1) is 137 Å². The first kappa shape index (κ1) is 61.5. The van der Waals surface area contributed by atoms with Gasteiger partial charge in [0.1, 0.15) is 42.9 Å². The molecule has 0 aromatic rings. The van der Waals surface area contributed by atoms with Gasteiger partial charge in [0.25, 0.3) is 0 Å². The SMILES string of the molecule is O=C(CCC(CCC(=O)NC(COCC(O)CO)COCC(O)CO)(CCC(O)NC(COCC(O)CO)COCC(O)CO)[N+](=O)[O-])NC(COCC(O)CO)COCC(O)CO. The van der Waals surface area contributed by atoms with Crippen LogP contribution < -0.4 is 16.0 Å². The first-order chi connectivity index (χ1) is 30.5. The Morgan fingerprint density at radius 3 is 0.969 bits per heavy atom. The van der Waals surface area contributed by atoms with E-state index in [1.165, 1.54) is 0 Å². The highest BCUT2D eigenvalue weighted by Crippen LogP contribution is 2.30. The zero-order chi connectivity index (χ0) is 48.3. The lowest BCUT2D eigenvalue weighted by molar-refractivity contribution is -0.574. The molecule has 0 radical (unpaired) electrons. The molecule has 0 aliphatic carbocycles. The van der Waals surface area contributed by atoms with E-state index in [4.69, 9.17) is 59.1 Å². The monoisotopic (exact) mass is 942 g/mol. The minimum Gasteiger partial charge on any atom is -0.394 e. The molecule has 0 aromatic carbocycles. The van der Waals surface area contributed by atoms with Crippen molar-refractivity contribution in [3.8, 4) is 0 Å². The summed E-state index contributed by atoms with van der Waals surface area (Å²) in [7, 11) is 0. The Labute approximate surface area is 371 Å². The summed E-state index contributed by atoms with van der Waals surface area (Å²) >= 11 is 0. The van der Waals surface area contributed by atoms with Crippen LogP contribution in [-0.2, 0) is 38.0 Å². The summed E-state index contributed by atoms with van der Waals surface area (Å²) < 4.78 is 32.1. The van der Waals surface area contributed by atoms with Gasteiger partial charge in [0.15, 0.2) is 0 Å². The molecule has 0 bridgehead atoms. The van der Waals surface area contributed by atoms with Crippen LogP contribution >= 0.6 is 0 Å². The lowest BCUT2D eigenvalue weighted by Gasteiger charge is -2.29. The summed E-state index contributed by atoms with van der Waals surface area (Å²) in [6.45, 7) is -7.07. The molecule has 0 saturated carbocycles. The Morgan fingerprint density at radius 1 is 0.453 bits per heavy atom. The third-order valence-corrected chi connectivity index (χ3v) is 9.10. The fourth-order valence-corrected chi connectivity index (χ4v) is 5.50. The van der Waals surface area contributed by atoms with E-state index in [9.17, 15) is 55.4 Å². The lowest BCUT2D eigenvalue weighted by Crippen LogP contribution is -2.48. The highest BCUT2D eigenvalue weighted by atomic mass is 16.6. The Hall–Kier alpha value is -2.46. The molecule has 0 aliphatic heterocycles. The van der Waals surface area contributed by atoms with Gasteiger partial charge in [0, 0.05) is 37.0 Å². The molecule has 0 rings (SSSR count). The van der Waals surface area contributed by atoms with E-state index >= 15 is 0 Å². The van der Waals surface area contributed by atoms with Gasteiger partial charge in [-0.25, -0.2) is 0 Å². The maximum absolute atomic E-state index is 13.3. The number of ether oxygens (including phenoxy) is 6. The topological polar surface area (TPSA) is 432 Å². The van der Waals surface area contributed by atoms with Crippen LogP contribution in [0.3, 0.4) is 0 Å². The highest BCUT2D eigenvalue weighted by Gasteiger charge is 2.43. The number of carbonyl (C=O) groups is 2. The van der Waals surface area contributed by atoms with Crippen LogP contribution in [0.5, 0.6) is 0 Å². The Morgan fingerprint density at radius 2 is 0.719 bits per heavy atom. The maximum atomic E-state index is 13.3. The second kappa shape index (κ2) is 37.6. The van der Waals surface area contributed by atoms with Crippen LogP contribution in [0.25, 0.3) is 0 Å². The van der Waals surface area contributed by atoms with Crippen LogP contribution in [0.4, 0.5) is 0 Å². The molecular weight excluding hydrogens is 868 g/mol. The van der Waals surface area contributed by atoms with Crippen molar-refractivity contribution in [3.63, 3.8) is 0 Å². The number of rotatable bonds is 44. The van der Waals surface area contributed by atoms with E-state index in [0.29, 0.717) is 0 Å². The number of nitrogens with zero attached hydrogens (tertiary/aromatic N) is 1. The van der Waals surface area contributed by atoms with Crippen molar-refractivity contribution in [1.29, 1.82) is 0 Å². The number of amides is 2. The zero-order valence-corrected chi connectivity index (χ0v) is 36.1. The van der Waals surface area contributed by atoms with Gasteiger partial charge in [-0.05, 0) is 6.42 Å². The zero-order valence-electron chi connectivity index (χ0n) is 36.1.